The maximum atomic E-state index is 11.4. The Morgan fingerprint density at radius 3 is 2.29 bits per heavy atom. The standard InChI is InChI=1S/C15H14O2/c1-11-7-9-13(10-8-11)17-15-6-4-3-5-14(15)12(2)16/h3-10H,1-2H3. The van der Waals surface area contributed by atoms with Gasteiger partial charge in [-0.25, -0.2) is 0 Å². The molecule has 0 radical (unpaired) electrons. The Labute approximate surface area is 101 Å². The van der Waals surface area contributed by atoms with Crippen LogP contribution in [0.5, 0.6) is 11.5 Å². The third-order valence-electron chi connectivity index (χ3n) is 2.52. The summed E-state index contributed by atoms with van der Waals surface area (Å²) in [5.74, 6) is 1.35. The molecule has 2 rings (SSSR count). The molecule has 0 aliphatic carbocycles. The molecule has 0 heterocycles. The van der Waals surface area contributed by atoms with Crippen molar-refractivity contribution < 1.29 is 9.53 Å². The molecule has 0 aliphatic heterocycles. The summed E-state index contributed by atoms with van der Waals surface area (Å²) in [7, 11) is 0. The van der Waals surface area contributed by atoms with Crippen LogP contribution in [0.2, 0.25) is 0 Å². The molecule has 0 saturated heterocycles. The fraction of sp³-hybridized carbons (Fsp3) is 0.133. The molecule has 2 aromatic rings. The molecular formula is C15H14O2. The van der Waals surface area contributed by atoms with E-state index in [4.69, 9.17) is 4.74 Å². The number of hydrogen-bond acceptors (Lipinski definition) is 2. The average molecular weight is 226 g/mol. The van der Waals surface area contributed by atoms with E-state index in [1.54, 1.807) is 12.1 Å². The summed E-state index contributed by atoms with van der Waals surface area (Å²) in [5.41, 5.74) is 1.78. The summed E-state index contributed by atoms with van der Waals surface area (Å²) in [6.07, 6.45) is 0. The highest BCUT2D eigenvalue weighted by molar-refractivity contribution is 5.96. The lowest BCUT2D eigenvalue weighted by Crippen LogP contribution is -1.96. The lowest BCUT2D eigenvalue weighted by atomic mass is 10.1. The van der Waals surface area contributed by atoms with Crippen molar-refractivity contribution in [1.29, 1.82) is 0 Å². The molecule has 0 N–H and O–H groups in total. The number of carbonyl (C=O) groups is 1. The smallest absolute Gasteiger partial charge is 0.163 e. The van der Waals surface area contributed by atoms with E-state index in [-0.39, 0.29) is 5.78 Å². The molecule has 2 heteroatoms. The van der Waals surface area contributed by atoms with Gasteiger partial charge in [-0.05, 0) is 38.1 Å². The van der Waals surface area contributed by atoms with Gasteiger partial charge in [-0.1, -0.05) is 29.8 Å². The Hall–Kier alpha value is -2.09. The third kappa shape index (κ3) is 2.72. The van der Waals surface area contributed by atoms with Gasteiger partial charge in [-0.3, -0.25) is 4.79 Å². The highest BCUT2D eigenvalue weighted by atomic mass is 16.5. The van der Waals surface area contributed by atoms with Crippen LogP contribution in [0.25, 0.3) is 0 Å². The zero-order chi connectivity index (χ0) is 12.3. The van der Waals surface area contributed by atoms with Crippen molar-refractivity contribution in [2.24, 2.45) is 0 Å². The maximum absolute atomic E-state index is 11.4. The Morgan fingerprint density at radius 1 is 1.00 bits per heavy atom. The average Bonchev–Trinajstić information content (AvgIpc) is 2.32. The molecule has 0 aliphatic rings. The van der Waals surface area contributed by atoms with E-state index < -0.39 is 0 Å². The van der Waals surface area contributed by atoms with Crippen molar-refractivity contribution in [2.45, 2.75) is 13.8 Å². The molecule has 0 unspecified atom stereocenters. The van der Waals surface area contributed by atoms with Gasteiger partial charge in [0.05, 0.1) is 5.56 Å². The fourth-order valence-corrected chi connectivity index (χ4v) is 1.58. The molecule has 2 aromatic carbocycles. The van der Waals surface area contributed by atoms with Gasteiger partial charge in [0.2, 0.25) is 0 Å². The zero-order valence-corrected chi connectivity index (χ0v) is 9.94. The minimum atomic E-state index is 0.00714. The largest absolute Gasteiger partial charge is 0.457 e. The van der Waals surface area contributed by atoms with E-state index in [1.807, 2.05) is 43.3 Å². The van der Waals surface area contributed by atoms with Gasteiger partial charge < -0.3 is 4.74 Å². The predicted octanol–water partition coefficient (Wildman–Crippen LogP) is 3.99. The molecule has 0 aromatic heterocycles. The van der Waals surface area contributed by atoms with Crippen molar-refractivity contribution in [3.8, 4) is 11.5 Å². The van der Waals surface area contributed by atoms with E-state index in [0.29, 0.717) is 11.3 Å². The van der Waals surface area contributed by atoms with Crippen LogP contribution < -0.4 is 4.74 Å². The predicted molar refractivity (Wildman–Crippen MR) is 67.7 cm³/mol. The van der Waals surface area contributed by atoms with Crippen LogP contribution in [0, 0.1) is 6.92 Å². The van der Waals surface area contributed by atoms with Gasteiger partial charge in [0.25, 0.3) is 0 Å². The number of carbonyl (C=O) groups excluding carboxylic acids is 1. The third-order valence-corrected chi connectivity index (χ3v) is 2.52. The molecule has 2 nitrogen and oxygen atoms in total. The first kappa shape index (κ1) is 11.4. The SMILES string of the molecule is CC(=O)c1ccccc1Oc1ccc(C)cc1. The number of benzene rings is 2. The lowest BCUT2D eigenvalue weighted by molar-refractivity contribution is 0.101. The number of Topliss-reactive ketones (excluding diaryl/α,β-unsaturated/α-hetero) is 1. The van der Waals surface area contributed by atoms with Crippen LogP contribution in [-0.4, -0.2) is 5.78 Å². The van der Waals surface area contributed by atoms with Gasteiger partial charge >= 0.3 is 0 Å². The second-order valence-electron chi connectivity index (χ2n) is 3.97. The highest BCUT2D eigenvalue weighted by Gasteiger charge is 2.07. The van der Waals surface area contributed by atoms with Crippen LogP contribution in [0.4, 0.5) is 0 Å². The van der Waals surface area contributed by atoms with Crippen molar-refractivity contribution in [3.05, 3.63) is 59.7 Å². The summed E-state index contributed by atoms with van der Waals surface area (Å²) in [6, 6.07) is 15.0. The van der Waals surface area contributed by atoms with Gasteiger partial charge in [-0.2, -0.15) is 0 Å². The van der Waals surface area contributed by atoms with Crippen LogP contribution in [0.15, 0.2) is 48.5 Å². The zero-order valence-electron chi connectivity index (χ0n) is 9.94. The Balaban J connectivity index is 2.30. The van der Waals surface area contributed by atoms with Crippen molar-refractivity contribution in [2.75, 3.05) is 0 Å². The lowest BCUT2D eigenvalue weighted by Gasteiger charge is -2.09. The molecule has 0 saturated carbocycles. The first-order chi connectivity index (χ1) is 8.16. The minimum Gasteiger partial charge on any atom is -0.457 e. The Morgan fingerprint density at radius 2 is 1.65 bits per heavy atom. The summed E-state index contributed by atoms with van der Waals surface area (Å²) in [5, 5.41) is 0. The summed E-state index contributed by atoms with van der Waals surface area (Å²) >= 11 is 0. The Kier molecular flexibility index (Phi) is 3.24. The normalized spacial score (nSPS) is 10.0. The summed E-state index contributed by atoms with van der Waals surface area (Å²) in [6.45, 7) is 3.56. The van der Waals surface area contributed by atoms with Crippen LogP contribution in [0.1, 0.15) is 22.8 Å². The van der Waals surface area contributed by atoms with E-state index in [9.17, 15) is 4.79 Å². The van der Waals surface area contributed by atoms with Crippen LogP contribution in [-0.2, 0) is 0 Å². The quantitative estimate of drug-likeness (QED) is 0.740. The number of hydrogen-bond donors (Lipinski definition) is 0. The van der Waals surface area contributed by atoms with Gasteiger partial charge in [0.15, 0.2) is 5.78 Å². The second kappa shape index (κ2) is 4.83. The van der Waals surface area contributed by atoms with Crippen molar-refractivity contribution in [1.82, 2.24) is 0 Å². The van der Waals surface area contributed by atoms with E-state index in [0.717, 1.165) is 5.75 Å². The van der Waals surface area contributed by atoms with Gasteiger partial charge in [-0.15, -0.1) is 0 Å². The molecule has 0 fully saturated rings. The van der Waals surface area contributed by atoms with Gasteiger partial charge in [0.1, 0.15) is 11.5 Å². The molecule has 0 bridgehead atoms. The molecular weight excluding hydrogens is 212 g/mol. The molecule has 17 heavy (non-hydrogen) atoms. The molecule has 0 atom stereocenters. The van der Waals surface area contributed by atoms with E-state index in [2.05, 4.69) is 0 Å². The van der Waals surface area contributed by atoms with Gasteiger partial charge in [0, 0.05) is 0 Å². The highest BCUT2D eigenvalue weighted by Crippen LogP contribution is 2.25. The van der Waals surface area contributed by atoms with Crippen molar-refractivity contribution >= 4 is 5.78 Å². The second-order valence-corrected chi connectivity index (χ2v) is 3.97. The topological polar surface area (TPSA) is 26.3 Å². The number of rotatable bonds is 3. The Bertz CT molecular complexity index is 527. The van der Waals surface area contributed by atoms with Crippen molar-refractivity contribution in [3.63, 3.8) is 0 Å². The number of aryl methyl sites for hydroxylation is 1. The number of ketones is 1. The van der Waals surface area contributed by atoms with E-state index >= 15 is 0 Å². The summed E-state index contributed by atoms with van der Waals surface area (Å²) < 4.78 is 5.70. The molecule has 86 valence electrons. The maximum Gasteiger partial charge on any atom is 0.163 e. The summed E-state index contributed by atoms with van der Waals surface area (Å²) in [4.78, 5) is 11.4. The van der Waals surface area contributed by atoms with Crippen LogP contribution in [0.3, 0.4) is 0 Å². The number of ether oxygens (including phenoxy) is 1. The molecule has 0 spiro atoms. The minimum absolute atomic E-state index is 0.00714. The number of para-hydroxylation sites is 1. The van der Waals surface area contributed by atoms with Crippen LogP contribution >= 0.6 is 0 Å². The monoisotopic (exact) mass is 226 g/mol. The fourth-order valence-electron chi connectivity index (χ4n) is 1.58. The molecule has 0 amide bonds. The van der Waals surface area contributed by atoms with E-state index in [1.165, 1.54) is 12.5 Å². The first-order valence-corrected chi connectivity index (χ1v) is 5.51. The first-order valence-electron chi connectivity index (χ1n) is 5.51.